The number of hydrogen-bond acceptors (Lipinski definition) is 4. The van der Waals surface area contributed by atoms with Crippen LogP contribution >= 0.6 is 0 Å². The highest BCUT2D eigenvalue weighted by Gasteiger charge is 2.16. The van der Waals surface area contributed by atoms with Crippen molar-refractivity contribution in [2.24, 2.45) is 5.73 Å². The Labute approximate surface area is 86.3 Å². The molecule has 2 N–H and O–H groups in total. The van der Waals surface area contributed by atoms with Crippen molar-refractivity contribution >= 4 is 0 Å². The van der Waals surface area contributed by atoms with Crippen molar-refractivity contribution < 1.29 is 9.47 Å². The summed E-state index contributed by atoms with van der Waals surface area (Å²) in [5, 5.41) is 0. The van der Waals surface area contributed by atoms with Gasteiger partial charge in [-0.15, -0.1) is 0 Å². The van der Waals surface area contributed by atoms with E-state index < -0.39 is 0 Å². The summed E-state index contributed by atoms with van der Waals surface area (Å²) in [5.74, 6) is 0. The average Bonchev–Trinajstić information content (AvgIpc) is 2.21. The SMILES string of the molecule is CN1CCC(OCCOCCN)CC1. The molecule has 1 aliphatic heterocycles. The zero-order chi connectivity index (χ0) is 10.2. The summed E-state index contributed by atoms with van der Waals surface area (Å²) in [7, 11) is 2.15. The Morgan fingerprint density at radius 2 is 1.93 bits per heavy atom. The van der Waals surface area contributed by atoms with Gasteiger partial charge in [0.1, 0.15) is 0 Å². The second-order valence-corrected chi connectivity index (χ2v) is 3.77. The van der Waals surface area contributed by atoms with E-state index in [0.717, 1.165) is 25.9 Å². The van der Waals surface area contributed by atoms with Gasteiger partial charge >= 0.3 is 0 Å². The minimum absolute atomic E-state index is 0.438. The first kappa shape index (κ1) is 11.9. The van der Waals surface area contributed by atoms with Crippen LogP contribution in [0, 0.1) is 0 Å². The van der Waals surface area contributed by atoms with Gasteiger partial charge in [-0.2, -0.15) is 0 Å². The fourth-order valence-corrected chi connectivity index (χ4v) is 1.61. The lowest BCUT2D eigenvalue weighted by Gasteiger charge is -2.28. The van der Waals surface area contributed by atoms with E-state index in [9.17, 15) is 0 Å². The lowest BCUT2D eigenvalue weighted by Crippen LogP contribution is -2.34. The maximum atomic E-state index is 5.69. The zero-order valence-electron chi connectivity index (χ0n) is 9.08. The monoisotopic (exact) mass is 202 g/mol. The molecular weight excluding hydrogens is 180 g/mol. The van der Waals surface area contributed by atoms with Crippen molar-refractivity contribution in [3.05, 3.63) is 0 Å². The van der Waals surface area contributed by atoms with E-state index in [1.165, 1.54) is 0 Å². The molecule has 0 aliphatic carbocycles. The van der Waals surface area contributed by atoms with Gasteiger partial charge in [0, 0.05) is 19.6 Å². The molecule has 0 spiro atoms. The molecule has 0 radical (unpaired) electrons. The molecule has 0 saturated carbocycles. The zero-order valence-corrected chi connectivity index (χ0v) is 9.08. The van der Waals surface area contributed by atoms with E-state index >= 15 is 0 Å². The van der Waals surface area contributed by atoms with Gasteiger partial charge in [0.05, 0.1) is 25.9 Å². The van der Waals surface area contributed by atoms with Crippen molar-refractivity contribution in [2.45, 2.75) is 18.9 Å². The Morgan fingerprint density at radius 1 is 1.21 bits per heavy atom. The molecule has 0 aromatic heterocycles. The third kappa shape index (κ3) is 4.91. The van der Waals surface area contributed by atoms with Crippen LogP contribution in [0.4, 0.5) is 0 Å². The predicted octanol–water partition coefficient (Wildman–Crippen LogP) is 0.0725. The van der Waals surface area contributed by atoms with Crippen molar-refractivity contribution in [2.75, 3.05) is 46.5 Å². The minimum Gasteiger partial charge on any atom is -0.378 e. The normalized spacial score (nSPS) is 20.1. The summed E-state index contributed by atoms with van der Waals surface area (Å²) in [4.78, 5) is 2.34. The van der Waals surface area contributed by atoms with Crippen molar-refractivity contribution in [3.8, 4) is 0 Å². The van der Waals surface area contributed by atoms with Gasteiger partial charge in [0.15, 0.2) is 0 Å². The van der Waals surface area contributed by atoms with Gasteiger partial charge in [-0.1, -0.05) is 0 Å². The first-order valence-corrected chi connectivity index (χ1v) is 5.41. The van der Waals surface area contributed by atoms with Gasteiger partial charge in [-0.05, 0) is 19.9 Å². The highest BCUT2D eigenvalue weighted by atomic mass is 16.5. The van der Waals surface area contributed by atoms with E-state index in [0.29, 0.717) is 32.5 Å². The molecule has 0 amide bonds. The van der Waals surface area contributed by atoms with Crippen LogP contribution in [0.1, 0.15) is 12.8 Å². The smallest absolute Gasteiger partial charge is 0.0704 e. The molecule has 1 aliphatic rings. The summed E-state index contributed by atoms with van der Waals surface area (Å²) in [6.45, 7) is 4.89. The largest absolute Gasteiger partial charge is 0.378 e. The van der Waals surface area contributed by atoms with Crippen LogP contribution in [0.15, 0.2) is 0 Å². The summed E-state index contributed by atoms with van der Waals surface area (Å²) in [6, 6.07) is 0. The molecular formula is C10H22N2O2. The highest BCUT2D eigenvalue weighted by Crippen LogP contribution is 2.11. The van der Waals surface area contributed by atoms with E-state index in [1.54, 1.807) is 0 Å². The van der Waals surface area contributed by atoms with E-state index in [4.69, 9.17) is 15.2 Å². The third-order valence-electron chi connectivity index (χ3n) is 2.51. The number of rotatable bonds is 6. The highest BCUT2D eigenvalue weighted by molar-refractivity contribution is 4.69. The molecule has 4 heteroatoms. The third-order valence-corrected chi connectivity index (χ3v) is 2.51. The van der Waals surface area contributed by atoms with Crippen molar-refractivity contribution in [1.82, 2.24) is 4.90 Å². The number of ether oxygens (including phenoxy) is 2. The molecule has 14 heavy (non-hydrogen) atoms. The number of hydrogen-bond donors (Lipinski definition) is 1. The standard InChI is InChI=1S/C10H22N2O2/c1-12-5-2-10(3-6-12)14-9-8-13-7-4-11/h10H,2-9,11H2,1H3. The van der Waals surface area contributed by atoms with Gasteiger partial charge in [0.2, 0.25) is 0 Å². The summed E-state index contributed by atoms with van der Waals surface area (Å²) in [5.41, 5.74) is 5.30. The van der Waals surface area contributed by atoms with Crippen LogP contribution in [0.2, 0.25) is 0 Å². The van der Waals surface area contributed by atoms with Crippen LogP contribution in [0.25, 0.3) is 0 Å². The molecule has 0 aromatic carbocycles. The Bertz CT molecular complexity index is 136. The second-order valence-electron chi connectivity index (χ2n) is 3.77. The lowest BCUT2D eigenvalue weighted by molar-refractivity contribution is -0.0182. The van der Waals surface area contributed by atoms with Crippen LogP contribution in [-0.4, -0.2) is 57.5 Å². The van der Waals surface area contributed by atoms with Gasteiger partial charge in [-0.3, -0.25) is 0 Å². The van der Waals surface area contributed by atoms with Gasteiger partial charge < -0.3 is 20.1 Å². The van der Waals surface area contributed by atoms with Gasteiger partial charge in [0.25, 0.3) is 0 Å². The molecule has 0 atom stereocenters. The summed E-state index contributed by atoms with van der Waals surface area (Å²) >= 11 is 0. The molecule has 0 bridgehead atoms. The van der Waals surface area contributed by atoms with Crippen LogP contribution < -0.4 is 5.73 Å². The Balaban J connectivity index is 1.91. The first-order valence-electron chi connectivity index (χ1n) is 5.41. The van der Waals surface area contributed by atoms with E-state index in [-0.39, 0.29) is 0 Å². The van der Waals surface area contributed by atoms with E-state index in [2.05, 4.69) is 11.9 Å². The molecule has 1 fully saturated rings. The minimum atomic E-state index is 0.438. The number of nitrogens with zero attached hydrogens (tertiary/aromatic N) is 1. The summed E-state index contributed by atoms with van der Waals surface area (Å²) in [6.07, 6.45) is 2.73. The van der Waals surface area contributed by atoms with E-state index in [1.807, 2.05) is 0 Å². The molecule has 0 aromatic rings. The molecule has 4 nitrogen and oxygen atoms in total. The molecule has 84 valence electrons. The van der Waals surface area contributed by atoms with Gasteiger partial charge in [-0.25, -0.2) is 0 Å². The fourth-order valence-electron chi connectivity index (χ4n) is 1.61. The van der Waals surface area contributed by atoms with Crippen molar-refractivity contribution in [1.29, 1.82) is 0 Å². The average molecular weight is 202 g/mol. The first-order chi connectivity index (χ1) is 6.83. The fraction of sp³-hybridized carbons (Fsp3) is 1.00. The number of nitrogens with two attached hydrogens (primary N) is 1. The van der Waals surface area contributed by atoms with Crippen LogP contribution in [0.5, 0.6) is 0 Å². The topological polar surface area (TPSA) is 47.7 Å². The Hall–Kier alpha value is -0.160. The van der Waals surface area contributed by atoms with Crippen LogP contribution in [-0.2, 0) is 9.47 Å². The predicted molar refractivity (Wildman–Crippen MR) is 56.3 cm³/mol. The second kappa shape index (κ2) is 7.17. The van der Waals surface area contributed by atoms with Crippen molar-refractivity contribution in [3.63, 3.8) is 0 Å². The Kier molecular flexibility index (Phi) is 6.10. The lowest BCUT2D eigenvalue weighted by atomic mass is 10.1. The summed E-state index contributed by atoms with van der Waals surface area (Å²) < 4.78 is 10.9. The molecule has 1 rings (SSSR count). The maximum Gasteiger partial charge on any atom is 0.0704 e. The Morgan fingerprint density at radius 3 is 2.57 bits per heavy atom. The molecule has 1 heterocycles. The molecule has 0 unspecified atom stereocenters. The molecule has 1 saturated heterocycles. The number of likely N-dealkylation sites (tertiary alicyclic amines) is 1. The quantitative estimate of drug-likeness (QED) is 0.619. The van der Waals surface area contributed by atoms with Crippen LogP contribution in [0.3, 0.4) is 0 Å². The number of piperidine rings is 1. The maximum absolute atomic E-state index is 5.69.